The van der Waals surface area contributed by atoms with Crippen molar-refractivity contribution < 1.29 is 18.0 Å². The highest BCUT2D eigenvalue weighted by Crippen LogP contribution is 2.38. The third kappa shape index (κ3) is 3.59. The molecule has 2 aliphatic rings. The normalized spacial score (nSPS) is 23.2. The molecule has 2 aromatic heterocycles. The largest absolute Gasteiger partial charge is 0.419 e. The molecule has 2 fully saturated rings. The maximum atomic E-state index is 13.4. The molecule has 5 nitrogen and oxygen atoms in total. The predicted octanol–water partition coefficient (Wildman–Crippen LogP) is 4.01. The first-order valence-electron chi connectivity index (χ1n) is 9.66. The van der Waals surface area contributed by atoms with Crippen molar-refractivity contribution in [3.63, 3.8) is 0 Å². The van der Waals surface area contributed by atoms with E-state index in [0.29, 0.717) is 25.9 Å². The summed E-state index contributed by atoms with van der Waals surface area (Å²) in [6.45, 7) is 1.44. The number of H-pyrrole nitrogens is 1. The number of pyridine rings is 1. The summed E-state index contributed by atoms with van der Waals surface area (Å²) in [4.78, 5) is 23.9. The van der Waals surface area contributed by atoms with Crippen LogP contribution in [0, 0.1) is 5.92 Å². The van der Waals surface area contributed by atoms with Crippen molar-refractivity contribution in [2.75, 3.05) is 24.5 Å². The number of carbonyl (C=O) groups is 1. The number of aromatic amines is 1. The van der Waals surface area contributed by atoms with Crippen LogP contribution in [-0.2, 0) is 11.0 Å². The van der Waals surface area contributed by atoms with Gasteiger partial charge in [-0.05, 0) is 49.9 Å². The molecule has 1 N–H and O–H groups in total. The molecule has 8 heteroatoms. The second-order valence-corrected chi connectivity index (χ2v) is 7.47. The fraction of sp³-hybridized carbons (Fsp3) is 0.500. The van der Waals surface area contributed by atoms with E-state index in [9.17, 15) is 18.0 Å². The summed E-state index contributed by atoms with van der Waals surface area (Å²) in [6, 6.07) is 6.27. The Morgan fingerprint density at radius 3 is 2.71 bits per heavy atom. The van der Waals surface area contributed by atoms with E-state index in [-0.39, 0.29) is 30.2 Å². The summed E-state index contributed by atoms with van der Waals surface area (Å²) < 4.78 is 40.1. The number of hydrogen-bond acceptors (Lipinski definition) is 3. The van der Waals surface area contributed by atoms with Gasteiger partial charge < -0.3 is 14.8 Å². The van der Waals surface area contributed by atoms with Gasteiger partial charge in [0.2, 0.25) is 5.91 Å². The van der Waals surface area contributed by atoms with Crippen LogP contribution in [0.25, 0.3) is 0 Å². The summed E-state index contributed by atoms with van der Waals surface area (Å²) in [5.41, 5.74) is 0.274. The number of amides is 1. The Labute approximate surface area is 161 Å². The van der Waals surface area contributed by atoms with E-state index < -0.39 is 11.7 Å². The average molecular weight is 392 g/mol. The van der Waals surface area contributed by atoms with Gasteiger partial charge in [-0.3, -0.25) is 4.79 Å². The van der Waals surface area contributed by atoms with Crippen LogP contribution in [-0.4, -0.2) is 40.4 Å². The van der Waals surface area contributed by atoms with Gasteiger partial charge >= 0.3 is 6.18 Å². The first-order valence-corrected chi connectivity index (χ1v) is 9.66. The first kappa shape index (κ1) is 18.8. The molecule has 0 saturated carbocycles. The van der Waals surface area contributed by atoms with Crippen LogP contribution < -0.4 is 4.90 Å². The molecule has 4 heterocycles. The Hall–Kier alpha value is -2.51. The third-order valence-electron chi connectivity index (χ3n) is 5.68. The smallest absolute Gasteiger partial charge is 0.363 e. The predicted molar refractivity (Wildman–Crippen MR) is 98.7 cm³/mol. The zero-order valence-electron chi connectivity index (χ0n) is 15.5. The van der Waals surface area contributed by atoms with E-state index in [0.717, 1.165) is 24.6 Å². The lowest BCUT2D eigenvalue weighted by Gasteiger charge is -2.36. The van der Waals surface area contributed by atoms with Crippen molar-refractivity contribution >= 4 is 11.7 Å². The maximum absolute atomic E-state index is 13.4. The van der Waals surface area contributed by atoms with Gasteiger partial charge in [-0.2, -0.15) is 13.2 Å². The number of aromatic nitrogens is 2. The van der Waals surface area contributed by atoms with Crippen molar-refractivity contribution in [1.29, 1.82) is 0 Å². The molecule has 2 aliphatic heterocycles. The van der Waals surface area contributed by atoms with E-state index in [1.807, 2.05) is 23.2 Å². The van der Waals surface area contributed by atoms with Gasteiger partial charge in [0.25, 0.3) is 0 Å². The summed E-state index contributed by atoms with van der Waals surface area (Å²) in [7, 11) is 0. The first-order chi connectivity index (χ1) is 13.4. The lowest BCUT2D eigenvalue weighted by Crippen LogP contribution is -2.45. The molecule has 0 aliphatic carbocycles. The number of carbonyl (C=O) groups excluding carboxylic acids is 1. The molecule has 2 unspecified atom stereocenters. The van der Waals surface area contributed by atoms with E-state index in [1.54, 1.807) is 4.90 Å². The van der Waals surface area contributed by atoms with Gasteiger partial charge in [-0.25, -0.2) is 4.98 Å². The Balaban J connectivity index is 1.52. The van der Waals surface area contributed by atoms with Crippen molar-refractivity contribution in [3.8, 4) is 0 Å². The Morgan fingerprint density at radius 2 is 1.96 bits per heavy atom. The quantitative estimate of drug-likeness (QED) is 0.859. The molecular weight excluding hydrogens is 369 g/mol. The lowest BCUT2D eigenvalue weighted by atomic mass is 9.95. The third-order valence-corrected chi connectivity index (χ3v) is 5.68. The van der Waals surface area contributed by atoms with Gasteiger partial charge in [0.1, 0.15) is 5.82 Å². The van der Waals surface area contributed by atoms with E-state index in [4.69, 9.17) is 0 Å². The molecule has 0 spiro atoms. The lowest BCUT2D eigenvalue weighted by molar-refractivity contribution is -0.137. The standard InChI is InChI=1S/C20H23F3N4O/c21-20(22,23)15-6-1-10-25-18(15)26-11-3-5-14(13-26)19(28)27-12-4-8-17(27)16-7-2-9-24-16/h1-2,6-7,9-10,14,17,24H,3-5,8,11-13H2. The van der Waals surface area contributed by atoms with Gasteiger partial charge in [0, 0.05) is 37.7 Å². The van der Waals surface area contributed by atoms with Gasteiger partial charge in [0.15, 0.2) is 0 Å². The van der Waals surface area contributed by atoms with E-state index in [1.165, 1.54) is 12.3 Å². The number of likely N-dealkylation sites (tertiary alicyclic amines) is 1. The minimum absolute atomic E-state index is 0.0264. The van der Waals surface area contributed by atoms with Crippen molar-refractivity contribution in [2.45, 2.75) is 37.9 Å². The number of halogens is 3. The number of nitrogens with one attached hydrogen (secondary N) is 1. The fourth-order valence-corrected chi connectivity index (χ4v) is 4.38. The van der Waals surface area contributed by atoms with Gasteiger partial charge in [-0.1, -0.05) is 0 Å². The molecule has 0 aromatic carbocycles. The van der Waals surface area contributed by atoms with Crippen LogP contribution in [0.2, 0.25) is 0 Å². The second-order valence-electron chi connectivity index (χ2n) is 7.47. The van der Waals surface area contributed by atoms with E-state index >= 15 is 0 Å². The second kappa shape index (κ2) is 7.48. The number of anilines is 1. The van der Waals surface area contributed by atoms with Gasteiger partial charge in [-0.15, -0.1) is 0 Å². The van der Waals surface area contributed by atoms with Crippen LogP contribution in [0.15, 0.2) is 36.7 Å². The van der Waals surface area contributed by atoms with Crippen molar-refractivity contribution in [1.82, 2.24) is 14.9 Å². The summed E-state index contributed by atoms with van der Waals surface area (Å²) in [6.07, 6.45) is 1.96. The number of piperidine rings is 1. The van der Waals surface area contributed by atoms with Crippen LogP contribution in [0.4, 0.5) is 19.0 Å². The zero-order valence-corrected chi connectivity index (χ0v) is 15.5. The van der Waals surface area contributed by atoms with Crippen LogP contribution in [0.3, 0.4) is 0 Å². The SMILES string of the molecule is O=C(C1CCCN(c2ncccc2C(F)(F)F)C1)N1CCCC1c1ccc[nH]1. The Morgan fingerprint density at radius 1 is 1.14 bits per heavy atom. The summed E-state index contributed by atoms with van der Waals surface area (Å²) in [5, 5.41) is 0. The number of nitrogens with zero attached hydrogens (tertiary/aromatic N) is 3. The molecule has 2 atom stereocenters. The van der Waals surface area contributed by atoms with Crippen molar-refractivity contribution in [2.24, 2.45) is 5.92 Å². The molecule has 28 heavy (non-hydrogen) atoms. The molecule has 1 amide bonds. The molecule has 0 radical (unpaired) electrons. The highest BCUT2D eigenvalue weighted by molar-refractivity contribution is 5.80. The molecule has 0 bridgehead atoms. The summed E-state index contributed by atoms with van der Waals surface area (Å²) >= 11 is 0. The molecule has 4 rings (SSSR count). The highest BCUT2D eigenvalue weighted by atomic mass is 19.4. The van der Waals surface area contributed by atoms with Gasteiger partial charge in [0.05, 0.1) is 17.5 Å². The molecule has 2 saturated heterocycles. The Kier molecular flexibility index (Phi) is 5.03. The highest BCUT2D eigenvalue weighted by Gasteiger charge is 2.39. The molecule has 2 aromatic rings. The van der Waals surface area contributed by atoms with Crippen LogP contribution in [0.5, 0.6) is 0 Å². The number of alkyl halides is 3. The molecule has 150 valence electrons. The molecular formula is C20H23F3N4O. The summed E-state index contributed by atoms with van der Waals surface area (Å²) in [5.74, 6) is -0.353. The van der Waals surface area contributed by atoms with Crippen LogP contribution in [0.1, 0.15) is 43.0 Å². The monoisotopic (exact) mass is 392 g/mol. The zero-order chi connectivity index (χ0) is 19.7. The number of rotatable bonds is 3. The Bertz CT molecular complexity index is 821. The van der Waals surface area contributed by atoms with Crippen molar-refractivity contribution in [3.05, 3.63) is 47.9 Å². The minimum atomic E-state index is -4.46. The average Bonchev–Trinajstić information content (AvgIpc) is 3.38. The number of hydrogen-bond donors (Lipinski definition) is 1. The maximum Gasteiger partial charge on any atom is 0.419 e. The van der Waals surface area contributed by atoms with E-state index in [2.05, 4.69) is 9.97 Å². The van der Waals surface area contributed by atoms with Crippen LogP contribution >= 0.6 is 0 Å². The minimum Gasteiger partial charge on any atom is -0.363 e. The topological polar surface area (TPSA) is 52.2 Å². The fourth-order valence-electron chi connectivity index (χ4n) is 4.38.